The first-order valence-electron chi connectivity index (χ1n) is 17.2. The van der Waals surface area contributed by atoms with Gasteiger partial charge in [0, 0.05) is 51.9 Å². The number of ether oxygens (including phenoxy) is 1. The predicted octanol–water partition coefficient (Wildman–Crippen LogP) is 7.55. The van der Waals surface area contributed by atoms with Gasteiger partial charge in [0.15, 0.2) is 5.13 Å². The van der Waals surface area contributed by atoms with Crippen molar-refractivity contribution >= 4 is 55.7 Å². The SMILES string of the molecule is C=C[C@]1(C)C[C@@H](OC(=O)CSc2ccc(CNc3ccc(S(=O)(=O)Nc4nccs4)cc3)cc2)[C@]2(C)[C@H](C)CC[C@]3(CCC(=O)[C@H]32)[C@@H](C)[C@@H]1O. The van der Waals surface area contributed by atoms with Gasteiger partial charge in [-0.15, -0.1) is 29.7 Å². The monoisotopic (exact) mass is 737 g/mol. The molecule has 1 heterocycles. The number of carbonyl (C=O) groups is 2. The number of aliphatic hydroxyl groups excluding tert-OH is 1. The van der Waals surface area contributed by atoms with Crippen molar-refractivity contribution in [1.29, 1.82) is 0 Å². The van der Waals surface area contributed by atoms with E-state index < -0.39 is 33.1 Å². The number of aliphatic hydroxyl groups is 1. The molecule has 2 aromatic carbocycles. The summed E-state index contributed by atoms with van der Waals surface area (Å²) in [6, 6.07) is 14.4. The number of thioether (sulfide) groups is 1. The normalized spacial score (nSPS) is 32.3. The lowest BCUT2D eigenvalue weighted by Crippen LogP contribution is -2.63. The molecule has 0 aliphatic heterocycles. The topological polar surface area (TPSA) is 135 Å². The van der Waals surface area contributed by atoms with E-state index in [2.05, 4.69) is 42.4 Å². The molecule has 3 aromatic rings. The third-order valence-electron chi connectivity index (χ3n) is 12.2. The number of nitrogens with one attached hydrogen (secondary N) is 2. The zero-order valence-electron chi connectivity index (χ0n) is 29.1. The van der Waals surface area contributed by atoms with E-state index in [1.54, 1.807) is 35.8 Å². The first kappa shape index (κ1) is 36.6. The summed E-state index contributed by atoms with van der Waals surface area (Å²) in [4.78, 5) is 32.2. The molecule has 3 N–H and O–H groups in total. The number of hydrogen-bond acceptors (Lipinski definition) is 10. The van der Waals surface area contributed by atoms with Crippen LogP contribution in [0, 0.1) is 34.0 Å². The summed E-state index contributed by atoms with van der Waals surface area (Å²) < 4.78 is 34.1. The number of ketones is 1. The molecule has 3 fully saturated rings. The quantitative estimate of drug-likeness (QED) is 0.104. The van der Waals surface area contributed by atoms with Crippen LogP contribution >= 0.6 is 23.1 Å². The van der Waals surface area contributed by atoms with Gasteiger partial charge in [0.1, 0.15) is 11.9 Å². The summed E-state index contributed by atoms with van der Waals surface area (Å²) >= 11 is 2.62. The Kier molecular flexibility index (Phi) is 10.3. The van der Waals surface area contributed by atoms with Crippen LogP contribution in [0.5, 0.6) is 0 Å². The number of sulfonamides is 1. The van der Waals surface area contributed by atoms with Crippen molar-refractivity contribution in [3.8, 4) is 0 Å². The zero-order chi connectivity index (χ0) is 35.9. The number of benzene rings is 2. The van der Waals surface area contributed by atoms with Gasteiger partial charge in [0.2, 0.25) is 0 Å². The van der Waals surface area contributed by atoms with Gasteiger partial charge >= 0.3 is 5.97 Å². The maximum atomic E-state index is 13.6. The van der Waals surface area contributed by atoms with E-state index in [0.717, 1.165) is 35.4 Å². The van der Waals surface area contributed by atoms with Crippen LogP contribution in [0.1, 0.15) is 65.4 Å². The summed E-state index contributed by atoms with van der Waals surface area (Å²) in [5, 5.41) is 17.1. The minimum atomic E-state index is -3.71. The molecule has 6 rings (SSSR count). The Balaban J connectivity index is 1.07. The number of hydrogen-bond donors (Lipinski definition) is 3. The van der Waals surface area contributed by atoms with E-state index in [0.29, 0.717) is 24.5 Å². The molecule has 0 spiro atoms. The summed E-state index contributed by atoms with van der Waals surface area (Å²) in [6.07, 6.45) is 5.68. The number of anilines is 2. The summed E-state index contributed by atoms with van der Waals surface area (Å²) in [7, 11) is -3.71. The second-order valence-corrected chi connectivity index (χ2v) is 18.4. The standard InChI is InChI=1S/C38H47N3O6S3/c1-6-36(4)21-31(37(5)24(2)15-17-38(25(3)34(36)44)18-16-30(42)33(37)38)47-32(43)23-49-28-11-7-26(8-12-28)22-40-27-9-13-29(14-10-27)50(45,46)41-35-39-19-20-48-35/h6-14,19-20,24-25,31,33-34,40,44H,1,15-18,21-23H2,2-5H3,(H,39,41)/t24-,25+,31-,33+,34+,36-,37+,38+/m1/s1. The van der Waals surface area contributed by atoms with E-state index in [-0.39, 0.29) is 45.6 Å². The number of nitrogens with zero attached hydrogens (tertiary/aromatic N) is 1. The molecule has 0 unspecified atom stereocenters. The van der Waals surface area contributed by atoms with Gasteiger partial charge in [-0.2, -0.15) is 0 Å². The van der Waals surface area contributed by atoms with Crippen LogP contribution in [0.2, 0.25) is 0 Å². The predicted molar refractivity (Wildman–Crippen MR) is 198 cm³/mol. The van der Waals surface area contributed by atoms with Gasteiger partial charge in [0.05, 0.1) is 16.8 Å². The molecule has 12 heteroatoms. The van der Waals surface area contributed by atoms with Crippen LogP contribution < -0.4 is 10.0 Å². The average molecular weight is 738 g/mol. The Morgan fingerprint density at radius 1 is 1.14 bits per heavy atom. The number of aromatic nitrogens is 1. The van der Waals surface area contributed by atoms with Crippen molar-refractivity contribution in [2.24, 2.45) is 34.0 Å². The van der Waals surface area contributed by atoms with Gasteiger partial charge < -0.3 is 15.2 Å². The minimum absolute atomic E-state index is 0.0688. The Morgan fingerprint density at radius 3 is 2.52 bits per heavy atom. The number of esters is 1. The maximum Gasteiger partial charge on any atom is 0.316 e. The maximum absolute atomic E-state index is 13.6. The van der Waals surface area contributed by atoms with Gasteiger partial charge in [0.25, 0.3) is 10.0 Å². The van der Waals surface area contributed by atoms with Crippen molar-refractivity contribution in [2.45, 2.75) is 88.3 Å². The van der Waals surface area contributed by atoms with Gasteiger partial charge in [-0.3, -0.25) is 14.3 Å². The highest BCUT2D eigenvalue weighted by Crippen LogP contribution is 2.68. The first-order chi connectivity index (χ1) is 23.7. The minimum Gasteiger partial charge on any atom is -0.461 e. The highest BCUT2D eigenvalue weighted by molar-refractivity contribution is 8.00. The van der Waals surface area contributed by atoms with Gasteiger partial charge in [-0.05, 0) is 84.9 Å². The summed E-state index contributed by atoms with van der Waals surface area (Å²) in [5.74, 6) is -0.0961. The molecular weight excluding hydrogens is 691 g/mol. The molecule has 268 valence electrons. The molecule has 0 saturated heterocycles. The van der Waals surface area contributed by atoms with Gasteiger partial charge in [-0.25, -0.2) is 13.4 Å². The molecule has 1 aromatic heterocycles. The van der Waals surface area contributed by atoms with Crippen LogP contribution in [0.4, 0.5) is 10.8 Å². The lowest BCUT2D eigenvalue weighted by Gasteiger charge is -2.61. The second kappa shape index (κ2) is 14.1. The highest BCUT2D eigenvalue weighted by Gasteiger charge is 2.68. The van der Waals surface area contributed by atoms with Gasteiger partial charge in [-0.1, -0.05) is 45.9 Å². The molecule has 3 saturated carbocycles. The largest absolute Gasteiger partial charge is 0.461 e. The van der Waals surface area contributed by atoms with E-state index in [4.69, 9.17) is 4.74 Å². The van der Waals surface area contributed by atoms with Crippen molar-refractivity contribution in [3.05, 3.63) is 78.3 Å². The van der Waals surface area contributed by atoms with E-state index >= 15 is 0 Å². The molecule has 2 bridgehead atoms. The van der Waals surface area contributed by atoms with Crippen LogP contribution in [-0.4, -0.2) is 48.2 Å². The molecular formula is C38H47N3O6S3. The molecule has 0 radical (unpaired) electrons. The first-order valence-corrected chi connectivity index (χ1v) is 20.6. The fraction of sp³-hybridized carbons (Fsp3) is 0.500. The Bertz CT molecular complexity index is 1820. The summed E-state index contributed by atoms with van der Waals surface area (Å²) in [6.45, 7) is 13.1. The van der Waals surface area contributed by atoms with Crippen molar-refractivity contribution in [2.75, 3.05) is 15.8 Å². The number of carbonyl (C=O) groups excluding carboxylic acids is 2. The third-order valence-corrected chi connectivity index (χ3v) is 15.3. The van der Waals surface area contributed by atoms with Crippen molar-refractivity contribution < 1.29 is 27.9 Å². The van der Waals surface area contributed by atoms with Crippen molar-refractivity contribution in [3.63, 3.8) is 0 Å². The van der Waals surface area contributed by atoms with E-state index in [1.807, 2.05) is 37.3 Å². The third kappa shape index (κ3) is 6.76. The lowest BCUT2D eigenvalue weighted by atomic mass is 9.44. The molecule has 50 heavy (non-hydrogen) atoms. The molecule has 3 aliphatic carbocycles. The zero-order valence-corrected chi connectivity index (χ0v) is 31.5. The Labute approximate surface area is 303 Å². The Morgan fingerprint density at radius 2 is 1.86 bits per heavy atom. The second-order valence-electron chi connectivity index (χ2n) is 14.8. The molecule has 3 aliphatic rings. The van der Waals surface area contributed by atoms with E-state index in [9.17, 15) is 23.1 Å². The highest BCUT2D eigenvalue weighted by atomic mass is 32.2. The average Bonchev–Trinajstić information content (AvgIpc) is 3.75. The van der Waals surface area contributed by atoms with Crippen molar-refractivity contribution in [1.82, 2.24) is 4.98 Å². The van der Waals surface area contributed by atoms with Crippen LogP contribution in [0.25, 0.3) is 0 Å². The van der Waals surface area contributed by atoms with Crippen LogP contribution in [0.3, 0.4) is 0 Å². The number of thiazole rings is 1. The molecule has 9 nitrogen and oxygen atoms in total. The fourth-order valence-corrected chi connectivity index (χ4v) is 11.4. The van der Waals surface area contributed by atoms with Crippen LogP contribution in [0.15, 0.2) is 82.6 Å². The molecule has 8 atom stereocenters. The Hall–Kier alpha value is -3.19. The lowest BCUT2D eigenvalue weighted by molar-refractivity contribution is -0.205. The summed E-state index contributed by atoms with van der Waals surface area (Å²) in [5.41, 5.74) is 0.297. The fourth-order valence-electron chi connectivity index (χ4n) is 8.94. The number of rotatable bonds is 11. The van der Waals surface area contributed by atoms with Crippen LogP contribution in [-0.2, 0) is 30.9 Å². The number of Topliss-reactive ketones (excluding diaryl/α,β-unsaturated/α-hetero) is 1. The van der Waals surface area contributed by atoms with E-state index in [1.165, 1.54) is 23.1 Å². The smallest absolute Gasteiger partial charge is 0.316 e. The molecule has 0 amide bonds.